The highest BCUT2D eigenvalue weighted by Gasteiger charge is 2.71. The molecule has 12 unspecified atom stereocenters. The predicted octanol–water partition coefficient (Wildman–Crippen LogP) is 9.43. The minimum absolute atomic E-state index is 0.00816. The molecule has 2 bridgehead atoms. The zero-order valence-corrected chi connectivity index (χ0v) is 58.2. The van der Waals surface area contributed by atoms with Gasteiger partial charge in [0, 0.05) is 15.6 Å². The summed E-state index contributed by atoms with van der Waals surface area (Å²) in [7, 11) is -19.5. The van der Waals surface area contributed by atoms with Crippen LogP contribution in [0.1, 0.15) is 80.4 Å². The van der Waals surface area contributed by atoms with E-state index in [0.717, 1.165) is 28.4 Å². The maximum Gasteiger partial charge on any atom is 0.549 e. The van der Waals surface area contributed by atoms with E-state index in [0.29, 0.717) is 0 Å². The molecule has 4 fully saturated rings. The molecule has 7 rings (SSSR count). The van der Waals surface area contributed by atoms with Gasteiger partial charge in [0.2, 0.25) is 0 Å². The molecule has 12 atom stereocenters. The standard InChI is InChI=1S/C28H44O7Si4.C19H36O4Si3.2C2H6.2O2Si/c1-10-22-16-18-24(19-17-22)39(35-37(7,8)9)30-21(3)26(32-39)28-27-25(20(2)29-36(4,5)6)31-38(33-27,34-28)23-14-12-11-13-15-23;1-10-17-11-13-18(14-12-17)26(23-25(7,8)9)21-16(3)19(22-26)15(2)20-24(4,5)6;2*1-2;2*1-3-2/h11-21,25-28H,10H2,1-9H3;11-16,19H,10H2,1-9H3;2*1-2H3;;. The molecular formula is C51H92O15Si9. The first-order chi connectivity index (χ1) is 34.9. The molecular weight excluding hydrogens is 1110 g/mol. The highest BCUT2D eigenvalue weighted by atomic mass is 28.5. The smallest absolute Gasteiger partial charge is 0.413 e. The molecule has 4 saturated heterocycles. The van der Waals surface area contributed by atoms with Crippen molar-refractivity contribution >= 4 is 93.8 Å². The third-order valence-corrected chi connectivity index (χ3v) is 28.1. The van der Waals surface area contributed by atoms with Gasteiger partial charge in [-0.2, -0.15) is 0 Å². The Kier molecular flexibility index (Phi) is 28.0. The number of fused-ring (bicyclic) bond motifs is 2. The van der Waals surface area contributed by atoms with Crippen LogP contribution in [0.5, 0.6) is 0 Å². The third-order valence-electron chi connectivity index (χ3n) is 11.5. The summed E-state index contributed by atoms with van der Waals surface area (Å²) in [6, 6.07) is 27.2. The SMILES string of the molecule is CC.CC.CCc1ccc([Si]2(O[Si](C)(C)C)OC(C)C(C(C)O[Si](C)(C)C)O2)cc1.CCc1ccc([Si]2(O[Si](C)(C)C)OC(C)C(C3O[Si]4(c5ccccc5)OC(C(C)O[Si](C)(C)C)C3O4)O2)cc1.O=[Si]=O.O=[Si]=O. The second kappa shape index (κ2) is 30.3. The van der Waals surface area contributed by atoms with Crippen LogP contribution < -0.4 is 15.6 Å². The molecule has 24 heteroatoms. The predicted molar refractivity (Wildman–Crippen MR) is 313 cm³/mol. The van der Waals surface area contributed by atoms with Gasteiger partial charge in [0.1, 0.15) is 24.4 Å². The van der Waals surface area contributed by atoms with E-state index in [1.807, 2.05) is 58.0 Å². The van der Waals surface area contributed by atoms with E-state index in [-0.39, 0.29) is 54.9 Å². The van der Waals surface area contributed by atoms with E-state index in [1.54, 1.807) is 0 Å². The number of aryl methyl sites for hydroxylation is 2. The summed E-state index contributed by atoms with van der Waals surface area (Å²) in [4.78, 5) is 0. The van der Waals surface area contributed by atoms with Gasteiger partial charge in [-0.1, -0.05) is 120 Å². The summed E-state index contributed by atoms with van der Waals surface area (Å²) in [6.45, 7) is 47.0. The van der Waals surface area contributed by atoms with Crippen molar-refractivity contribution in [2.45, 2.75) is 216 Å². The quantitative estimate of drug-likeness (QED) is 0.124. The van der Waals surface area contributed by atoms with Crippen LogP contribution in [-0.4, -0.2) is 133 Å². The van der Waals surface area contributed by atoms with Crippen LogP contribution in [0.2, 0.25) is 78.6 Å². The Bertz CT molecular complexity index is 2200. The van der Waals surface area contributed by atoms with Crippen LogP contribution in [0.15, 0.2) is 78.9 Å². The van der Waals surface area contributed by atoms with Crippen molar-refractivity contribution in [2.75, 3.05) is 0 Å². The zero-order chi connectivity index (χ0) is 57.4. The molecule has 3 aromatic carbocycles. The Labute approximate surface area is 462 Å². The number of benzene rings is 3. The lowest BCUT2D eigenvalue weighted by Gasteiger charge is -2.38. The van der Waals surface area contributed by atoms with Gasteiger partial charge in [-0.05, 0) is 130 Å². The van der Waals surface area contributed by atoms with Gasteiger partial charge in [-0.3, -0.25) is 17.8 Å². The zero-order valence-electron chi connectivity index (χ0n) is 49.2. The molecule has 0 amide bonds. The summed E-state index contributed by atoms with van der Waals surface area (Å²) in [5.74, 6) is 0. The van der Waals surface area contributed by atoms with Crippen molar-refractivity contribution in [1.82, 2.24) is 0 Å². The number of hydrogen-bond donors (Lipinski definition) is 0. The van der Waals surface area contributed by atoms with Gasteiger partial charge in [0.25, 0.3) is 0 Å². The first kappa shape index (κ1) is 69.5. The largest absolute Gasteiger partial charge is 0.549 e. The second-order valence-corrected chi connectivity index (χ2v) is 48.2. The Morgan fingerprint density at radius 1 is 0.453 bits per heavy atom. The molecule has 0 N–H and O–H groups in total. The van der Waals surface area contributed by atoms with E-state index in [4.69, 9.17) is 65.9 Å². The average Bonchev–Trinajstić information content (AvgIpc) is 4.09. The fourth-order valence-electron chi connectivity index (χ4n) is 9.01. The first-order valence-corrected chi connectivity index (χ1v) is 47.1. The van der Waals surface area contributed by atoms with E-state index in [1.165, 1.54) is 11.1 Å². The number of hydrogen-bond acceptors (Lipinski definition) is 15. The number of rotatable bonds is 16. The van der Waals surface area contributed by atoms with Crippen LogP contribution in [0.25, 0.3) is 0 Å². The summed E-state index contributed by atoms with van der Waals surface area (Å²) >= 11 is 0. The molecule has 75 heavy (non-hydrogen) atoms. The van der Waals surface area contributed by atoms with Crippen molar-refractivity contribution < 1.29 is 65.9 Å². The molecule has 4 aliphatic heterocycles. The molecule has 3 aromatic rings. The molecule has 0 saturated carbocycles. The maximum atomic E-state index is 8.40. The summed E-state index contributed by atoms with van der Waals surface area (Å²) in [5, 5.41) is 3.02. The molecule has 15 nitrogen and oxygen atoms in total. The molecule has 0 spiro atoms. The maximum absolute atomic E-state index is 8.40. The van der Waals surface area contributed by atoms with Crippen molar-refractivity contribution in [3.63, 3.8) is 0 Å². The lowest BCUT2D eigenvalue weighted by molar-refractivity contribution is -0.0703. The van der Waals surface area contributed by atoms with Crippen molar-refractivity contribution in [1.29, 1.82) is 0 Å². The van der Waals surface area contributed by atoms with Crippen molar-refractivity contribution in [3.05, 3.63) is 90.0 Å². The fourth-order valence-corrected chi connectivity index (χ4v) is 27.3. The molecule has 4 aliphatic rings. The normalized spacial score (nSPS) is 28.6. The van der Waals surface area contributed by atoms with Crippen LogP contribution in [0, 0.1) is 0 Å². The van der Waals surface area contributed by atoms with Crippen LogP contribution in [0.4, 0.5) is 0 Å². The molecule has 422 valence electrons. The van der Waals surface area contributed by atoms with E-state index < -0.39 is 78.3 Å². The van der Waals surface area contributed by atoms with E-state index in [2.05, 4.69) is 169 Å². The highest BCUT2D eigenvalue weighted by molar-refractivity contribution is 6.87. The Morgan fingerprint density at radius 2 is 0.827 bits per heavy atom. The van der Waals surface area contributed by atoms with Crippen molar-refractivity contribution in [3.8, 4) is 0 Å². The van der Waals surface area contributed by atoms with Gasteiger partial charge in [-0.15, -0.1) is 0 Å². The molecule has 0 radical (unpaired) electrons. The fraction of sp³-hybridized carbons (Fsp3) is 0.647. The average molecular weight is 1200 g/mol. The first-order valence-electron chi connectivity index (χ1n) is 26.7. The van der Waals surface area contributed by atoms with Crippen LogP contribution in [-0.2, 0) is 78.8 Å². The molecule has 0 aliphatic carbocycles. The molecule has 4 heterocycles. The van der Waals surface area contributed by atoms with E-state index in [9.17, 15) is 0 Å². The van der Waals surface area contributed by atoms with Gasteiger partial charge in [-0.25, -0.2) is 0 Å². The topological polar surface area (TPSA) is 170 Å². The summed E-state index contributed by atoms with van der Waals surface area (Å²) in [5.41, 5.74) is 2.58. The molecule has 0 aromatic heterocycles. The summed E-state index contributed by atoms with van der Waals surface area (Å²) in [6.07, 6.45) is 0.191. The Hall–Kier alpha value is -1.63. The second-order valence-electron chi connectivity index (χ2n) is 22.2. The van der Waals surface area contributed by atoms with Crippen LogP contribution in [0.3, 0.4) is 0 Å². The van der Waals surface area contributed by atoms with Crippen LogP contribution >= 0.6 is 0 Å². The minimum Gasteiger partial charge on any atom is -0.413 e. The lowest BCUT2D eigenvalue weighted by atomic mass is 9.97. The minimum atomic E-state index is -3.22. The van der Waals surface area contributed by atoms with E-state index >= 15 is 0 Å². The lowest BCUT2D eigenvalue weighted by Crippen LogP contribution is -2.61. The summed E-state index contributed by atoms with van der Waals surface area (Å²) < 4.78 is 107. The van der Waals surface area contributed by atoms with Gasteiger partial charge in [0.15, 0.2) is 33.3 Å². The highest BCUT2D eigenvalue weighted by Crippen LogP contribution is 2.45. The third kappa shape index (κ3) is 20.1. The van der Waals surface area contributed by atoms with Gasteiger partial charge in [0.05, 0.1) is 30.5 Å². The van der Waals surface area contributed by atoms with Gasteiger partial charge < -0.3 is 48.1 Å². The Morgan fingerprint density at radius 3 is 1.21 bits per heavy atom. The monoisotopic (exact) mass is 1200 g/mol. The Balaban J connectivity index is 0.000000463. The van der Waals surface area contributed by atoms with Gasteiger partial charge >= 0.3 is 45.0 Å². The van der Waals surface area contributed by atoms with Crippen molar-refractivity contribution in [2.24, 2.45) is 0 Å².